The molecule has 11 heteroatoms. The highest BCUT2D eigenvalue weighted by atomic mass is 19.4. The predicted octanol–water partition coefficient (Wildman–Crippen LogP) is 4.53. The highest BCUT2D eigenvalue weighted by molar-refractivity contribution is 5.77. The third-order valence-corrected chi connectivity index (χ3v) is 5.60. The van der Waals surface area contributed by atoms with Crippen molar-refractivity contribution >= 4 is 11.2 Å². The van der Waals surface area contributed by atoms with E-state index in [4.69, 9.17) is 14.6 Å². The van der Waals surface area contributed by atoms with Gasteiger partial charge in [0.15, 0.2) is 17.0 Å². The Labute approximate surface area is 201 Å². The largest absolute Gasteiger partial charge is 0.490 e. The van der Waals surface area contributed by atoms with Gasteiger partial charge in [-0.05, 0) is 44.9 Å². The van der Waals surface area contributed by atoms with Crippen LogP contribution in [-0.4, -0.2) is 55.0 Å². The number of aromatic nitrogens is 5. The first-order valence-corrected chi connectivity index (χ1v) is 11.5. The van der Waals surface area contributed by atoms with E-state index in [0.717, 1.165) is 25.0 Å². The molecule has 0 bridgehead atoms. The molecular formula is C24H30F3N5O3. The fraction of sp³-hybridized carbons (Fsp3) is 0.583. The summed E-state index contributed by atoms with van der Waals surface area (Å²) in [6.45, 7) is 10.1. The van der Waals surface area contributed by atoms with E-state index in [1.54, 1.807) is 18.5 Å². The smallest absolute Gasteiger partial charge is 0.416 e. The molecule has 3 heterocycles. The number of fused-ring (bicyclic) bond motifs is 1. The molecule has 1 saturated heterocycles. The first kappa shape index (κ1) is 25.3. The number of halogens is 3. The van der Waals surface area contributed by atoms with E-state index >= 15 is 0 Å². The van der Waals surface area contributed by atoms with Crippen LogP contribution in [0.3, 0.4) is 0 Å². The minimum atomic E-state index is -4.57. The van der Waals surface area contributed by atoms with Crippen LogP contribution in [0.15, 0.2) is 18.2 Å². The van der Waals surface area contributed by atoms with Gasteiger partial charge in [0, 0.05) is 12.0 Å². The summed E-state index contributed by atoms with van der Waals surface area (Å²) in [5.41, 5.74) is -0.777. The molecule has 1 fully saturated rings. The Bertz CT molecular complexity index is 1210. The summed E-state index contributed by atoms with van der Waals surface area (Å²) in [5, 5.41) is 23.3. The number of hydrogen-bond acceptors (Lipinski definition) is 7. The molecule has 1 atom stereocenters. The number of rotatable bonds is 6. The topological polar surface area (TPSA) is 95.2 Å². The third kappa shape index (κ3) is 5.72. The molecule has 0 unspecified atom stereocenters. The highest BCUT2D eigenvalue weighted by Gasteiger charge is 2.33. The summed E-state index contributed by atoms with van der Waals surface area (Å²) in [7, 11) is 0. The minimum Gasteiger partial charge on any atom is -0.490 e. The predicted molar refractivity (Wildman–Crippen MR) is 123 cm³/mol. The molecule has 35 heavy (non-hydrogen) atoms. The normalized spacial score (nSPS) is 17.3. The van der Waals surface area contributed by atoms with Crippen molar-refractivity contribution < 1.29 is 27.8 Å². The molecule has 3 aromatic rings. The van der Waals surface area contributed by atoms with Crippen molar-refractivity contribution in [2.75, 3.05) is 13.2 Å². The Hall–Kier alpha value is -2.79. The SMILES string of the molecule is CC(C)(O)COc1ccc(C(F)(F)F)cc1-c1nnc2c(C(C)(C)C)nn(C[C@H]3CCCO3)c2n1. The standard InChI is InChI=1S/C24H30F3N5O3/c1-22(2,3)19-18-21(32(31-19)12-15-7-6-10-34-15)28-20(30-29-18)16-11-14(24(25,26)27)8-9-17(16)35-13-23(4,5)33/h8-9,11,15,33H,6-7,10,12-13H2,1-5H3/t15-/m1/s1. The number of hydrogen-bond donors (Lipinski definition) is 1. The van der Waals surface area contributed by atoms with Crippen LogP contribution >= 0.6 is 0 Å². The van der Waals surface area contributed by atoms with E-state index in [1.165, 1.54) is 6.07 Å². The average Bonchev–Trinajstić information content (AvgIpc) is 3.39. The van der Waals surface area contributed by atoms with Crippen molar-refractivity contribution in [1.82, 2.24) is 25.0 Å². The summed E-state index contributed by atoms with van der Waals surface area (Å²) < 4.78 is 53.6. The van der Waals surface area contributed by atoms with Crippen LogP contribution < -0.4 is 4.74 Å². The van der Waals surface area contributed by atoms with Gasteiger partial charge in [0.25, 0.3) is 0 Å². The summed E-state index contributed by atoms with van der Waals surface area (Å²) in [5.74, 6) is 0.0887. The lowest BCUT2D eigenvalue weighted by Gasteiger charge is -2.20. The van der Waals surface area contributed by atoms with Crippen molar-refractivity contribution in [2.24, 2.45) is 0 Å². The zero-order valence-electron chi connectivity index (χ0n) is 20.5. The average molecular weight is 494 g/mol. The van der Waals surface area contributed by atoms with Crippen molar-refractivity contribution in [3.8, 4) is 17.1 Å². The molecule has 1 aliphatic rings. The molecule has 1 aliphatic heterocycles. The second kappa shape index (κ2) is 9.02. The lowest BCUT2D eigenvalue weighted by atomic mass is 9.92. The molecule has 1 aromatic carbocycles. The van der Waals surface area contributed by atoms with Crippen molar-refractivity contribution in [3.63, 3.8) is 0 Å². The maximum absolute atomic E-state index is 13.5. The highest BCUT2D eigenvalue weighted by Crippen LogP contribution is 2.37. The molecule has 0 saturated carbocycles. The quantitative estimate of drug-likeness (QED) is 0.539. The van der Waals surface area contributed by atoms with Gasteiger partial charge in [-0.15, -0.1) is 10.2 Å². The first-order chi connectivity index (χ1) is 16.2. The molecule has 0 amide bonds. The van der Waals surface area contributed by atoms with Gasteiger partial charge in [-0.3, -0.25) is 0 Å². The van der Waals surface area contributed by atoms with Crippen LogP contribution in [0.25, 0.3) is 22.6 Å². The molecule has 0 aliphatic carbocycles. The maximum Gasteiger partial charge on any atom is 0.416 e. The van der Waals surface area contributed by atoms with Crippen LogP contribution in [0.1, 0.15) is 58.7 Å². The Kier molecular flexibility index (Phi) is 6.52. The fourth-order valence-electron chi connectivity index (χ4n) is 3.86. The van der Waals surface area contributed by atoms with Crippen LogP contribution in [0, 0.1) is 0 Å². The zero-order chi connectivity index (χ0) is 25.6. The molecule has 8 nitrogen and oxygen atoms in total. The second-order valence-corrected chi connectivity index (χ2v) is 10.5. The van der Waals surface area contributed by atoms with E-state index in [-0.39, 0.29) is 35.3 Å². The maximum atomic E-state index is 13.5. The lowest BCUT2D eigenvalue weighted by Crippen LogP contribution is -2.28. The Morgan fingerprint density at radius 2 is 1.89 bits per heavy atom. The van der Waals surface area contributed by atoms with Gasteiger partial charge in [-0.1, -0.05) is 20.8 Å². The monoisotopic (exact) mass is 493 g/mol. The van der Waals surface area contributed by atoms with E-state index in [1.807, 2.05) is 20.8 Å². The zero-order valence-corrected chi connectivity index (χ0v) is 20.5. The van der Waals surface area contributed by atoms with Gasteiger partial charge < -0.3 is 14.6 Å². The van der Waals surface area contributed by atoms with E-state index in [2.05, 4.69) is 15.2 Å². The molecule has 2 aromatic heterocycles. The number of aliphatic hydroxyl groups is 1. The van der Waals surface area contributed by atoms with Gasteiger partial charge in [0.05, 0.1) is 35.1 Å². The summed E-state index contributed by atoms with van der Waals surface area (Å²) in [6.07, 6.45) is -2.74. The molecular weight excluding hydrogens is 463 g/mol. The Balaban J connectivity index is 1.85. The van der Waals surface area contributed by atoms with Gasteiger partial charge in [0.1, 0.15) is 12.4 Å². The Morgan fingerprint density at radius 3 is 2.49 bits per heavy atom. The molecule has 0 radical (unpaired) electrons. The van der Waals surface area contributed by atoms with Crippen LogP contribution in [-0.2, 0) is 22.9 Å². The van der Waals surface area contributed by atoms with E-state index in [9.17, 15) is 18.3 Å². The van der Waals surface area contributed by atoms with E-state index < -0.39 is 17.3 Å². The number of benzene rings is 1. The first-order valence-electron chi connectivity index (χ1n) is 11.5. The lowest BCUT2D eigenvalue weighted by molar-refractivity contribution is -0.137. The minimum absolute atomic E-state index is 0.0245. The van der Waals surface area contributed by atoms with Gasteiger partial charge in [-0.2, -0.15) is 18.3 Å². The molecule has 4 rings (SSSR count). The van der Waals surface area contributed by atoms with Crippen LogP contribution in [0.5, 0.6) is 5.75 Å². The molecule has 190 valence electrons. The second-order valence-electron chi connectivity index (χ2n) is 10.5. The molecule has 1 N–H and O–H groups in total. The van der Waals surface area contributed by atoms with Gasteiger partial charge in [0.2, 0.25) is 0 Å². The van der Waals surface area contributed by atoms with Crippen LogP contribution in [0.2, 0.25) is 0 Å². The van der Waals surface area contributed by atoms with Crippen molar-refractivity contribution in [1.29, 1.82) is 0 Å². The number of ether oxygens (including phenoxy) is 2. The van der Waals surface area contributed by atoms with Crippen molar-refractivity contribution in [3.05, 3.63) is 29.5 Å². The van der Waals surface area contributed by atoms with Gasteiger partial charge >= 0.3 is 6.18 Å². The van der Waals surface area contributed by atoms with Crippen LogP contribution in [0.4, 0.5) is 13.2 Å². The van der Waals surface area contributed by atoms with E-state index in [0.29, 0.717) is 30.0 Å². The Morgan fingerprint density at radius 1 is 1.14 bits per heavy atom. The number of alkyl halides is 3. The van der Waals surface area contributed by atoms with Gasteiger partial charge in [-0.25, -0.2) is 9.67 Å². The summed E-state index contributed by atoms with van der Waals surface area (Å²) >= 11 is 0. The summed E-state index contributed by atoms with van der Waals surface area (Å²) in [6, 6.07) is 3.07. The number of nitrogens with zero attached hydrogens (tertiary/aromatic N) is 5. The summed E-state index contributed by atoms with van der Waals surface area (Å²) in [4.78, 5) is 4.61. The van der Waals surface area contributed by atoms with Crippen molar-refractivity contribution in [2.45, 2.75) is 77.3 Å². The third-order valence-electron chi connectivity index (χ3n) is 5.60. The fourth-order valence-corrected chi connectivity index (χ4v) is 3.86. The molecule has 0 spiro atoms.